The van der Waals surface area contributed by atoms with Crippen LogP contribution in [0.25, 0.3) is 0 Å². The highest BCUT2D eigenvalue weighted by molar-refractivity contribution is 8.27. The molecule has 0 saturated carbocycles. The van der Waals surface area contributed by atoms with Gasteiger partial charge in [-0.3, -0.25) is 23.9 Å². The van der Waals surface area contributed by atoms with E-state index in [1.807, 2.05) is 0 Å². The minimum atomic E-state index is -2.78. The SMILES string of the molecule is CSC1(C(NC(=O)c2ccc(C#CC#CCCO)cc2)C(=O)NO)CS(O)(O)C1. The molecule has 1 aromatic rings. The van der Waals surface area contributed by atoms with Crippen LogP contribution < -0.4 is 10.8 Å². The van der Waals surface area contributed by atoms with Crippen molar-refractivity contribution in [2.24, 2.45) is 0 Å². The molecule has 0 radical (unpaired) electrons. The van der Waals surface area contributed by atoms with Gasteiger partial charge in [0.1, 0.15) is 6.04 Å². The molecule has 2 rings (SSSR count). The van der Waals surface area contributed by atoms with Crippen LogP contribution >= 0.6 is 22.4 Å². The minimum Gasteiger partial charge on any atom is -0.395 e. The fourth-order valence-electron chi connectivity index (χ4n) is 2.83. The van der Waals surface area contributed by atoms with E-state index in [2.05, 4.69) is 29.0 Å². The first kappa shape index (κ1) is 23.1. The van der Waals surface area contributed by atoms with Crippen molar-refractivity contribution in [2.75, 3.05) is 24.4 Å². The molecule has 1 aliphatic rings. The smallest absolute Gasteiger partial charge is 0.267 e. The first-order chi connectivity index (χ1) is 13.8. The van der Waals surface area contributed by atoms with Crippen molar-refractivity contribution < 1.29 is 29.0 Å². The maximum absolute atomic E-state index is 12.6. The Morgan fingerprint density at radius 1 is 1.24 bits per heavy atom. The van der Waals surface area contributed by atoms with E-state index in [-0.39, 0.29) is 23.7 Å². The first-order valence-corrected chi connectivity index (χ1v) is 11.6. The summed E-state index contributed by atoms with van der Waals surface area (Å²) in [6.07, 6.45) is 2.05. The molecule has 0 aliphatic carbocycles. The third kappa shape index (κ3) is 5.90. The Bertz CT molecular complexity index is 872. The molecule has 0 aromatic heterocycles. The molecule has 2 amide bonds. The lowest BCUT2D eigenvalue weighted by atomic mass is 10.00. The normalized spacial score (nSPS) is 17.8. The second kappa shape index (κ2) is 10.0. The Morgan fingerprint density at radius 2 is 1.90 bits per heavy atom. The Labute approximate surface area is 174 Å². The number of amides is 2. The summed E-state index contributed by atoms with van der Waals surface area (Å²) in [6, 6.07) is 5.18. The summed E-state index contributed by atoms with van der Waals surface area (Å²) in [5, 5.41) is 20.3. The van der Waals surface area contributed by atoms with Crippen LogP contribution in [0.5, 0.6) is 0 Å². The number of aliphatic hydroxyl groups is 1. The van der Waals surface area contributed by atoms with Crippen molar-refractivity contribution >= 4 is 34.2 Å². The molecule has 0 spiro atoms. The number of carbonyl (C=O) groups is 2. The van der Waals surface area contributed by atoms with Gasteiger partial charge in [0.05, 0.1) is 22.9 Å². The molecule has 156 valence electrons. The van der Waals surface area contributed by atoms with E-state index in [1.54, 1.807) is 18.4 Å². The van der Waals surface area contributed by atoms with Gasteiger partial charge in [0.15, 0.2) is 0 Å². The third-order valence-electron chi connectivity index (χ3n) is 4.27. The van der Waals surface area contributed by atoms with Gasteiger partial charge in [-0.2, -0.15) is 22.4 Å². The number of rotatable bonds is 6. The predicted molar refractivity (Wildman–Crippen MR) is 113 cm³/mol. The fraction of sp³-hybridized carbons (Fsp3) is 0.368. The van der Waals surface area contributed by atoms with Crippen LogP contribution in [0.4, 0.5) is 0 Å². The van der Waals surface area contributed by atoms with Gasteiger partial charge in [-0.05, 0) is 42.4 Å². The Hall–Kier alpha value is -2.18. The van der Waals surface area contributed by atoms with E-state index >= 15 is 0 Å². The van der Waals surface area contributed by atoms with Crippen LogP contribution in [-0.4, -0.2) is 66.4 Å². The average molecular weight is 439 g/mol. The van der Waals surface area contributed by atoms with Gasteiger partial charge in [0.2, 0.25) is 0 Å². The summed E-state index contributed by atoms with van der Waals surface area (Å²) in [5.74, 6) is 9.25. The molecule has 29 heavy (non-hydrogen) atoms. The molecule has 1 unspecified atom stereocenters. The highest BCUT2D eigenvalue weighted by atomic mass is 32.3. The second-order valence-electron chi connectivity index (χ2n) is 6.35. The lowest BCUT2D eigenvalue weighted by Crippen LogP contribution is -2.67. The highest BCUT2D eigenvalue weighted by Crippen LogP contribution is 2.60. The summed E-state index contributed by atoms with van der Waals surface area (Å²) < 4.78 is 18.6. The molecule has 1 aromatic carbocycles. The van der Waals surface area contributed by atoms with E-state index in [4.69, 9.17) is 10.3 Å². The number of thioether (sulfide) groups is 1. The molecule has 1 fully saturated rings. The molecule has 1 atom stereocenters. The minimum absolute atomic E-state index is 0.0233. The van der Waals surface area contributed by atoms with Gasteiger partial charge >= 0.3 is 0 Å². The van der Waals surface area contributed by atoms with Gasteiger partial charge in [-0.15, -0.1) is 0 Å². The quantitative estimate of drug-likeness (QED) is 0.220. The van der Waals surface area contributed by atoms with Gasteiger partial charge in [0, 0.05) is 17.5 Å². The van der Waals surface area contributed by atoms with Crippen LogP contribution in [0.1, 0.15) is 22.3 Å². The second-order valence-corrected chi connectivity index (χ2v) is 9.75. The maximum atomic E-state index is 12.6. The van der Waals surface area contributed by atoms with Crippen molar-refractivity contribution in [3.8, 4) is 23.7 Å². The van der Waals surface area contributed by atoms with Crippen molar-refractivity contribution in [3.63, 3.8) is 0 Å². The average Bonchev–Trinajstić information content (AvgIpc) is 2.69. The lowest BCUT2D eigenvalue weighted by Gasteiger charge is -2.57. The van der Waals surface area contributed by atoms with Crippen LogP contribution in [0.15, 0.2) is 24.3 Å². The maximum Gasteiger partial charge on any atom is 0.267 e. The summed E-state index contributed by atoms with van der Waals surface area (Å²) in [7, 11) is -2.78. The molecule has 8 nitrogen and oxygen atoms in total. The Balaban J connectivity index is 2.12. The van der Waals surface area contributed by atoms with Crippen LogP contribution in [-0.2, 0) is 4.79 Å². The van der Waals surface area contributed by atoms with Crippen LogP contribution in [0.3, 0.4) is 0 Å². The zero-order chi connectivity index (χ0) is 21.5. The van der Waals surface area contributed by atoms with Crippen molar-refractivity contribution in [2.45, 2.75) is 17.2 Å². The number of nitrogens with one attached hydrogen (secondary N) is 2. The highest BCUT2D eigenvalue weighted by Gasteiger charge is 2.56. The molecule has 1 heterocycles. The summed E-state index contributed by atoms with van der Waals surface area (Å²) in [4.78, 5) is 24.7. The number of hydrogen-bond acceptors (Lipinski definition) is 7. The zero-order valence-corrected chi connectivity index (χ0v) is 17.3. The van der Waals surface area contributed by atoms with Crippen LogP contribution in [0.2, 0.25) is 0 Å². The number of aliphatic hydroxyl groups excluding tert-OH is 1. The topological polar surface area (TPSA) is 139 Å². The molecule has 1 aliphatic heterocycles. The number of carbonyl (C=O) groups excluding carboxylic acids is 2. The number of hydrogen-bond donors (Lipinski definition) is 6. The number of hydroxylamine groups is 1. The Kier molecular flexibility index (Phi) is 7.99. The summed E-state index contributed by atoms with van der Waals surface area (Å²) in [5.41, 5.74) is 2.45. The van der Waals surface area contributed by atoms with Gasteiger partial charge in [-0.25, -0.2) is 5.48 Å². The van der Waals surface area contributed by atoms with Gasteiger partial charge in [-0.1, -0.05) is 11.8 Å². The van der Waals surface area contributed by atoms with Gasteiger partial charge < -0.3 is 10.4 Å². The van der Waals surface area contributed by atoms with Gasteiger partial charge in [0.25, 0.3) is 11.8 Å². The molecular formula is C19H22N2O6S2. The molecule has 6 N–H and O–H groups in total. The largest absolute Gasteiger partial charge is 0.395 e. The number of benzene rings is 1. The molecular weight excluding hydrogens is 416 g/mol. The van der Waals surface area contributed by atoms with E-state index in [9.17, 15) is 18.7 Å². The molecule has 0 bridgehead atoms. The van der Waals surface area contributed by atoms with Crippen molar-refractivity contribution in [3.05, 3.63) is 35.4 Å². The van der Waals surface area contributed by atoms with E-state index < -0.39 is 33.2 Å². The standard InChI is InChI=1S/C19H22N2O6S2/c1-28-19(12-29(26,27)13-19)16(18(24)21-25)20-17(23)15-9-7-14(8-10-15)6-4-2-3-5-11-22/h7-10,16,22,25-27H,5,11-13H2,1H3,(H,20,23)(H,21,24). The Morgan fingerprint density at radius 3 is 2.41 bits per heavy atom. The first-order valence-electron chi connectivity index (χ1n) is 8.50. The zero-order valence-electron chi connectivity index (χ0n) is 15.6. The van der Waals surface area contributed by atoms with E-state index in [0.717, 1.165) is 0 Å². The summed E-state index contributed by atoms with van der Waals surface area (Å²) in [6.45, 7) is -0.0233. The summed E-state index contributed by atoms with van der Waals surface area (Å²) >= 11 is 1.23. The monoisotopic (exact) mass is 438 g/mol. The van der Waals surface area contributed by atoms with Crippen molar-refractivity contribution in [1.29, 1.82) is 0 Å². The predicted octanol–water partition coefficient (Wildman–Crippen LogP) is 0.894. The lowest BCUT2D eigenvalue weighted by molar-refractivity contribution is -0.131. The molecule has 10 heteroatoms. The van der Waals surface area contributed by atoms with Crippen molar-refractivity contribution in [1.82, 2.24) is 10.8 Å². The van der Waals surface area contributed by atoms with E-state index in [1.165, 1.54) is 29.4 Å². The van der Waals surface area contributed by atoms with Crippen LogP contribution in [0, 0.1) is 23.7 Å². The van der Waals surface area contributed by atoms with E-state index in [0.29, 0.717) is 12.0 Å². The molecule has 1 saturated heterocycles. The third-order valence-corrected chi connectivity index (χ3v) is 7.93. The fourth-order valence-corrected chi connectivity index (χ4v) is 7.12.